The highest BCUT2D eigenvalue weighted by Gasteiger charge is 2.65. The lowest BCUT2D eigenvalue weighted by Gasteiger charge is -2.59. The van der Waals surface area contributed by atoms with Crippen molar-refractivity contribution in [2.24, 2.45) is 22.9 Å². The summed E-state index contributed by atoms with van der Waals surface area (Å²) in [4.78, 5) is 22.4. The third kappa shape index (κ3) is 10.4. The second-order valence-electron chi connectivity index (χ2n) is 17.2. The number of rotatable bonds is 21. The number of unbranched alkanes of at least 4 members (excludes halogenated alkanes) is 2. The Labute approximate surface area is 391 Å². The molecule has 1 fully saturated rings. The Bertz CT molecular complexity index is 2480. The van der Waals surface area contributed by atoms with E-state index in [-0.39, 0.29) is 69.6 Å². The number of hydrogen-bond acceptors (Lipinski definition) is 9. The van der Waals surface area contributed by atoms with E-state index < -0.39 is 29.7 Å². The lowest BCUT2D eigenvalue weighted by molar-refractivity contribution is -0.256. The first-order chi connectivity index (χ1) is 32.3. The Balaban J connectivity index is 1.33. The van der Waals surface area contributed by atoms with Gasteiger partial charge in [-0.2, -0.15) is 0 Å². The number of halogens is 2. The SMILES string of the molecule is C=CCO[C@@]12Oc3ccc(Oc4ccc5ccccc5c4)cc3[C@H]3[C@H](CCCCO)[C@@H](CCCCO)C=C(C(=NOCc4ccccc4)C[C@@H]1N(Cc1ccc(F)cc1)C(=O)OCCCl)[C@H]32. The van der Waals surface area contributed by atoms with Crippen LogP contribution in [-0.4, -0.2) is 71.1 Å². The van der Waals surface area contributed by atoms with E-state index in [0.29, 0.717) is 41.4 Å². The third-order valence-corrected chi connectivity index (χ3v) is 13.2. The molecule has 5 aromatic rings. The summed E-state index contributed by atoms with van der Waals surface area (Å²) in [5, 5.41) is 27.1. The number of aliphatic hydroxyl groups excluding tert-OH is 2. The molecule has 2 aliphatic carbocycles. The minimum Gasteiger partial charge on any atom is -0.459 e. The van der Waals surface area contributed by atoms with Crippen LogP contribution in [0.25, 0.3) is 10.8 Å². The molecule has 10 nitrogen and oxygen atoms in total. The summed E-state index contributed by atoms with van der Waals surface area (Å²) in [5.74, 6) is -0.797. The Kier molecular flexibility index (Phi) is 15.7. The molecule has 8 rings (SSSR count). The van der Waals surface area contributed by atoms with Gasteiger partial charge in [-0.1, -0.05) is 103 Å². The number of oxime groups is 1. The predicted molar refractivity (Wildman–Crippen MR) is 254 cm³/mol. The topological polar surface area (TPSA) is 119 Å². The van der Waals surface area contributed by atoms with Crippen LogP contribution in [0.4, 0.5) is 9.18 Å². The van der Waals surface area contributed by atoms with Gasteiger partial charge in [0.15, 0.2) is 0 Å². The smallest absolute Gasteiger partial charge is 0.410 e. The van der Waals surface area contributed by atoms with E-state index in [9.17, 15) is 19.4 Å². The predicted octanol–water partition coefficient (Wildman–Crippen LogP) is 11.5. The molecular formula is C54H58ClFN2O8. The van der Waals surface area contributed by atoms with Gasteiger partial charge in [-0.25, -0.2) is 9.18 Å². The van der Waals surface area contributed by atoms with Crippen molar-refractivity contribution in [1.82, 2.24) is 4.90 Å². The van der Waals surface area contributed by atoms with E-state index in [2.05, 4.69) is 30.9 Å². The molecule has 12 heteroatoms. The summed E-state index contributed by atoms with van der Waals surface area (Å²) in [6.07, 6.45) is 7.87. The number of carbonyl (C=O) groups excluding carboxylic acids is 1. The molecule has 1 aliphatic heterocycles. The molecule has 0 radical (unpaired) electrons. The van der Waals surface area contributed by atoms with Gasteiger partial charge in [0.2, 0.25) is 5.79 Å². The largest absolute Gasteiger partial charge is 0.459 e. The minimum absolute atomic E-state index is 0.00625. The van der Waals surface area contributed by atoms with Crippen LogP contribution in [0.2, 0.25) is 0 Å². The molecule has 0 saturated heterocycles. The average Bonchev–Trinajstić information content (AvgIpc) is 3.34. The normalized spacial score (nSPS) is 22.4. The van der Waals surface area contributed by atoms with Crippen molar-refractivity contribution in [2.75, 3.05) is 32.3 Å². The molecule has 1 amide bonds. The zero-order chi connectivity index (χ0) is 45.9. The van der Waals surface area contributed by atoms with Gasteiger partial charge in [-0.3, -0.25) is 4.90 Å². The number of nitrogens with zero attached hydrogens (tertiary/aromatic N) is 2. The van der Waals surface area contributed by atoms with Crippen LogP contribution in [0.3, 0.4) is 0 Å². The van der Waals surface area contributed by atoms with Gasteiger partial charge in [0, 0.05) is 37.7 Å². The highest BCUT2D eigenvalue weighted by Crippen LogP contribution is 2.62. The van der Waals surface area contributed by atoms with Crippen LogP contribution in [0.15, 0.2) is 145 Å². The lowest BCUT2D eigenvalue weighted by Crippen LogP contribution is -2.70. The Morgan fingerprint density at radius 1 is 0.879 bits per heavy atom. The first-order valence-electron chi connectivity index (χ1n) is 23.0. The summed E-state index contributed by atoms with van der Waals surface area (Å²) >= 11 is 6.11. The molecule has 1 heterocycles. The van der Waals surface area contributed by atoms with Crippen LogP contribution in [-0.2, 0) is 27.5 Å². The zero-order valence-electron chi connectivity index (χ0n) is 37.1. The number of benzene rings is 5. The van der Waals surface area contributed by atoms with E-state index in [1.165, 1.54) is 12.1 Å². The van der Waals surface area contributed by atoms with Crippen molar-refractivity contribution in [3.05, 3.63) is 162 Å². The first-order valence-corrected chi connectivity index (χ1v) is 23.5. The quantitative estimate of drug-likeness (QED) is 0.0323. The Morgan fingerprint density at radius 3 is 2.36 bits per heavy atom. The standard InChI is InChI=1S/C54H58ClFN2O8/c1-2-29-63-54-50(58(53(61)62-30-26-55)35-37-18-21-42(56)22-19-37)34-48(57-64-36-38-12-4-3-5-13-38)46-32-41(16-8-10-27-59)45(17-9-11-28-60)51(52(46)54)47-33-44(24-25-49(47)66-54)65-43-23-20-39-14-6-7-15-40(39)31-43/h2-7,12-15,18-25,31-33,41,45,50-52,59-60H,1,8-11,16-17,26-30,34-36H2/t41-,45+,50-,51+,52+,54+/m0/s1. The summed E-state index contributed by atoms with van der Waals surface area (Å²) in [6.45, 7) is 4.46. The fourth-order valence-corrected chi connectivity index (χ4v) is 10.2. The zero-order valence-corrected chi connectivity index (χ0v) is 37.9. The summed E-state index contributed by atoms with van der Waals surface area (Å²) < 4.78 is 41.3. The maximum absolute atomic E-state index is 14.6. The molecule has 0 bridgehead atoms. The van der Waals surface area contributed by atoms with Gasteiger partial charge in [0.25, 0.3) is 0 Å². The lowest BCUT2D eigenvalue weighted by atomic mass is 9.55. The number of amides is 1. The van der Waals surface area contributed by atoms with E-state index in [1.54, 1.807) is 23.1 Å². The van der Waals surface area contributed by atoms with Gasteiger partial charge >= 0.3 is 6.09 Å². The fraction of sp³-hybridized carbons (Fsp3) is 0.370. The molecule has 6 atom stereocenters. The van der Waals surface area contributed by atoms with Crippen LogP contribution in [0, 0.1) is 23.6 Å². The second-order valence-corrected chi connectivity index (χ2v) is 17.6. The molecule has 0 spiro atoms. The molecule has 346 valence electrons. The van der Waals surface area contributed by atoms with Crippen LogP contribution >= 0.6 is 11.6 Å². The number of allylic oxidation sites excluding steroid dienone is 1. The van der Waals surface area contributed by atoms with E-state index in [1.807, 2.05) is 72.8 Å². The number of carbonyl (C=O) groups is 1. The number of alkyl halides is 1. The molecule has 0 aromatic heterocycles. The third-order valence-electron chi connectivity index (χ3n) is 13.0. The first kappa shape index (κ1) is 46.8. The molecule has 1 saturated carbocycles. The molecule has 2 N–H and O–H groups in total. The van der Waals surface area contributed by atoms with Crippen LogP contribution in [0.1, 0.15) is 67.6 Å². The molecule has 66 heavy (non-hydrogen) atoms. The average molecular weight is 918 g/mol. The summed E-state index contributed by atoms with van der Waals surface area (Å²) in [6, 6.07) is 35.0. The van der Waals surface area contributed by atoms with Crippen LogP contribution in [0.5, 0.6) is 17.2 Å². The molecule has 5 aromatic carbocycles. The maximum Gasteiger partial charge on any atom is 0.410 e. The molecular weight excluding hydrogens is 859 g/mol. The van der Waals surface area contributed by atoms with Gasteiger partial charge in [0.05, 0.1) is 24.1 Å². The van der Waals surface area contributed by atoms with E-state index in [0.717, 1.165) is 53.2 Å². The maximum atomic E-state index is 14.6. The van der Waals surface area contributed by atoms with Crippen LogP contribution < -0.4 is 9.47 Å². The number of fused-ring (bicyclic) bond motifs is 3. The number of aliphatic hydroxyl groups is 2. The highest BCUT2D eigenvalue weighted by atomic mass is 35.5. The van der Waals surface area contributed by atoms with Crippen molar-refractivity contribution in [3.63, 3.8) is 0 Å². The van der Waals surface area contributed by atoms with Crippen molar-refractivity contribution < 1.29 is 43.2 Å². The monoisotopic (exact) mass is 916 g/mol. The minimum atomic E-state index is -1.54. The molecule has 3 aliphatic rings. The van der Waals surface area contributed by atoms with E-state index in [4.69, 9.17) is 40.5 Å². The summed E-state index contributed by atoms with van der Waals surface area (Å²) in [7, 11) is 0. The second kappa shape index (κ2) is 22.2. The Hall–Kier alpha value is -5.72. The number of ether oxygens (including phenoxy) is 4. The van der Waals surface area contributed by atoms with Crippen molar-refractivity contribution in [1.29, 1.82) is 0 Å². The van der Waals surface area contributed by atoms with Gasteiger partial charge in [-0.15, -0.1) is 18.2 Å². The van der Waals surface area contributed by atoms with Crippen molar-refractivity contribution in [3.8, 4) is 17.2 Å². The summed E-state index contributed by atoms with van der Waals surface area (Å²) in [5.41, 5.74) is 4.05. The van der Waals surface area contributed by atoms with Crippen molar-refractivity contribution in [2.45, 2.75) is 75.8 Å². The highest BCUT2D eigenvalue weighted by molar-refractivity contribution is 6.18. The Morgan fingerprint density at radius 2 is 1.61 bits per heavy atom. The molecule has 0 unspecified atom stereocenters. The fourth-order valence-electron chi connectivity index (χ4n) is 10.1. The number of hydrogen-bond donors (Lipinski definition) is 2. The van der Waals surface area contributed by atoms with E-state index >= 15 is 0 Å². The van der Waals surface area contributed by atoms with Crippen molar-refractivity contribution >= 4 is 34.2 Å². The van der Waals surface area contributed by atoms with Gasteiger partial charge < -0.3 is 34.0 Å². The van der Waals surface area contributed by atoms with Gasteiger partial charge in [-0.05, 0) is 107 Å². The van der Waals surface area contributed by atoms with Gasteiger partial charge in [0.1, 0.15) is 42.3 Å².